The van der Waals surface area contributed by atoms with Gasteiger partial charge in [-0.25, -0.2) is 19.1 Å². The first-order valence-electron chi connectivity index (χ1n) is 3.77. The van der Waals surface area contributed by atoms with Gasteiger partial charge in [-0.05, 0) is 0 Å². The van der Waals surface area contributed by atoms with E-state index in [1.807, 2.05) is 0 Å². The number of hydrogen-bond donors (Lipinski definition) is 0. The maximum atomic E-state index is 13.2. The molecule has 0 saturated carbocycles. The summed E-state index contributed by atoms with van der Waals surface area (Å²) in [5.74, 6) is -2.31. The summed E-state index contributed by atoms with van der Waals surface area (Å²) < 4.78 is 25.7. The molecule has 84 valence electrons. The normalized spacial score (nSPS) is 10.8. The van der Waals surface area contributed by atoms with Crippen LogP contribution in [0.5, 0.6) is 0 Å². The maximum absolute atomic E-state index is 13.2. The fourth-order valence-electron chi connectivity index (χ4n) is 1.10. The van der Waals surface area contributed by atoms with Crippen LogP contribution in [0.15, 0.2) is 6.20 Å². The Morgan fingerprint density at radius 1 is 1.50 bits per heavy atom. The van der Waals surface area contributed by atoms with Crippen LogP contribution in [-0.4, -0.2) is 20.6 Å². The van der Waals surface area contributed by atoms with Crippen LogP contribution < -0.4 is 0 Å². The van der Waals surface area contributed by atoms with E-state index in [0.717, 1.165) is 10.7 Å². The summed E-state index contributed by atoms with van der Waals surface area (Å²) in [4.78, 5) is 17.4. The van der Waals surface area contributed by atoms with E-state index >= 15 is 0 Å². The Morgan fingerprint density at radius 2 is 2.19 bits per heavy atom. The first-order valence-corrected chi connectivity index (χ1v) is 4.53. The minimum absolute atomic E-state index is 0.195. The van der Waals surface area contributed by atoms with Gasteiger partial charge in [0.15, 0.2) is 21.8 Å². The summed E-state index contributed by atoms with van der Waals surface area (Å²) in [6.07, 6.45) is 0.936. The summed E-state index contributed by atoms with van der Waals surface area (Å²) in [5, 5.41) is 2.53. The zero-order chi connectivity index (χ0) is 11.9. The van der Waals surface area contributed by atoms with E-state index in [1.165, 1.54) is 0 Å². The fourth-order valence-corrected chi connectivity index (χ4v) is 1.53. The Bertz CT molecular complexity index is 587. The van der Waals surface area contributed by atoms with E-state index in [2.05, 4.69) is 15.0 Å². The van der Waals surface area contributed by atoms with Crippen molar-refractivity contribution in [1.29, 1.82) is 0 Å². The molecule has 0 fully saturated rings. The predicted molar refractivity (Wildman–Crippen MR) is 49.5 cm³/mol. The van der Waals surface area contributed by atoms with Gasteiger partial charge in [0.1, 0.15) is 5.56 Å². The van der Waals surface area contributed by atoms with Gasteiger partial charge in [-0.2, -0.15) is 9.61 Å². The lowest BCUT2D eigenvalue weighted by molar-refractivity contribution is -0.0786. The SMILES string of the molecule is O=C(OF)c1cnn2c(Cl)c(F)c(Cl)nc12. The van der Waals surface area contributed by atoms with Crippen LogP contribution in [0.1, 0.15) is 10.4 Å². The molecular weight excluding hydrogens is 267 g/mol. The molecule has 0 aliphatic heterocycles. The third-order valence-electron chi connectivity index (χ3n) is 1.79. The zero-order valence-corrected chi connectivity index (χ0v) is 8.76. The minimum Gasteiger partial charge on any atom is -0.249 e. The van der Waals surface area contributed by atoms with E-state index in [0.29, 0.717) is 0 Å². The lowest BCUT2D eigenvalue weighted by atomic mass is 10.3. The summed E-state index contributed by atoms with van der Waals surface area (Å²) in [5.41, 5.74) is -0.509. The topological polar surface area (TPSA) is 56.5 Å². The number of hydrogen-bond acceptors (Lipinski definition) is 4. The van der Waals surface area contributed by atoms with Crippen LogP contribution in [-0.2, 0) is 4.94 Å². The maximum Gasteiger partial charge on any atom is 0.384 e. The molecule has 0 spiro atoms. The van der Waals surface area contributed by atoms with Crippen LogP contribution in [0.2, 0.25) is 10.3 Å². The van der Waals surface area contributed by atoms with Crippen molar-refractivity contribution in [3.63, 3.8) is 0 Å². The Morgan fingerprint density at radius 3 is 2.81 bits per heavy atom. The average molecular weight is 268 g/mol. The highest BCUT2D eigenvalue weighted by atomic mass is 35.5. The second-order valence-corrected chi connectivity index (χ2v) is 3.38. The first kappa shape index (κ1) is 11.0. The summed E-state index contributed by atoms with van der Waals surface area (Å²) >= 11 is 11.0. The quantitative estimate of drug-likeness (QED) is 0.744. The molecule has 0 bridgehead atoms. The third kappa shape index (κ3) is 1.48. The number of halogens is 4. The van der Waals surface area contributed by atoms with E-state index in [4.69, 9.17) is 23.2 Å². The number of carbonyl (C=O) groups excluding carboxylic acids is 1. The molecule has 2 rings (SSSR count). The Kier molecular flexibility index (Phi) is 2.64. The molecule has 0 amide bonds. The number of carbonyl (C=O) groups is 1. The van der Waals surface area contributed by atoms with Gasteiger partial charge in [0.2, 0.25) is 0 Å². The Labute approximate surface area is 96.4 Å². The number of rotatable bonds is 1. The van der Waals surface area contributed by atoms with Crippen LogP contribution in [0.3, 0.4) is 0 Å². The molecule has 0 aliphatic rings. The molecule has 2 aromatic rings. The number of fused-ring (bicyclic) bond motifs is 1. The molecule has 0 N–H and O–H groups in total. The van der Waals surface area contributed by atoms with Crippen molar-refractivity contribution in [2.75, 3.05) is 0 Å². The monoisotopic (exact) mass is 267 g/mol. The lowest BCUT2D eigenvalue weighted by Gasteiger charge is -2.00. The predicted octanol–water partition coefficient (Wildman–Crippen LogP) is 2.22. The smallest absolute Gasteiger partial charge is 0.249 e. The standard InChI is InChI=1S/C7HCl2F2N3O2/c8-4-3(10)5(9)14-6(13-4)2(1-12-14)7(15)16-11/h1H. The number of nitrogens with zero attached hydrogens (tertiary/aromatic N) is 3. The molecule has 16 heavy (non-hydrogen) atoms. The first-order chi connectivity index (χ1) is 7.56. The van der Waals surface area contributed by atoms with E-state index < -0.39 is 22.1 Å². The van der Waals surface area contributed by atoms with Crippen molar-refractivity contribution in [2.45, 2.75) is 0 Å². The van der Waals surface area contributed by atoms with Crippen molar-refractivity contribution < 1.29 is 18.7 Å². The molecule has 5 nitrogen and oxygen atoms in total. The van der Waals surface area contributed by atoms with Gasteiger partial charge >= 0.3 is 5.97 Å². The average Bonchev–Trinajstić information content (AvgIpc) is 2.68. The van der Waals surface area contributed by atoms with E-state index in [9.17, 15) is 13.7 Å². The highest BCUT2D eigenvalue weighted by molar-refractivity contribution is 6.33. The van der Waals surface area contributed by atoms with Crippen molar-refractivity contribution in [3.8, 4) is 0 Å². The van der Waals surface area contributed by atoms with Crippen molar-refractivity contribution in [3.05, 3.63) is 27.9 Å². The van der Waals surface area contributed by atoms with E-state index in [1.54, 1.807) is 0 Å². The van der Waals surface area contributed by atoms with Crippen molar-refractivity contribution in [2.24, 2.45) is 0 Å². The lowest BCUT2D eigenvalue weighted by Crippen LogP contribution is -2.02. The van der Waals surface area contributed by atoms with Gasteiger partial charge in [-0.1, -0.05) is 23.2 Å². The molecule has 2 aromatic heterocycles. The van der Waals surface area contributed by atoms with E-state index in [-0.39, 0.29) is 11.2 Å². The highest BCUT2D eigenvalue weighted by Crippen LogP contribution is 2.23. The van der Waals surface area contributed by atoms with Gasteiger partial charge in [0, 0.05) is 4.53 Å². The van der Waals surface area contributed by atoms with Crippen molar-refractivity contribution in [1.82, 2.24) is 14.6 Å². The molecule has 0 aromatic carbocycles. The van der Waals surface area contributed by atoms with Gasteiger partial charge < -0.3 is 0 Å². The van der Waals surface area contributed by atoms with Gasteiger partial charge in [-0.3, -0.25) is 0 Å². The minimum atomic E-state index is -1.32. The molecule has 0 atom stereocenters. The van der Waals surface area contributed by atoms with Crippen molar-refractivity contribution >= 4 is 34.8 Å². The third-order valence-corrected chi connectivity index (χ3v) is 2.36. The summed E-state index contributed by atoms with van der Waals surface area (Å²) in [6.45, 7) is 0. The molecule has 0 unspecified atom stereocenters. The molecule has 0 radical (unpaired) electrons. The number of aromatic nitrogens is 3. The Hall–Kier alpha value is -1.47. The van der Waals surface area contributed by atoms with Crippen LogP contribution in [0, 0.1) is 5.82 Å². The Balaban J connectivity index is 2.79. The second kappa shape index (κ2) is 3.84. The molecular formula is C7HCl2F2N3O2. The zero-order valence-electron chi connectivity index (χ0n) is 7.25. The molecule has 0 aliphatic carbocycles. The van der Waals surface area contributed by atoms with Crippen LogP contribution in [0.25, 0.3) is 5.65 Å². The largest absolute Gasteiger partial charge is 0.384 e. The fraction of sp³-hybridized carbons (Fsp3) is 0. The van der Waals surface area contributed by atoms with Gasteiger partial charge in [0.25, 0.3) is 0 Å². The molecule has 2 heterocycles. The van der Waals surface area contributed by atoms with Gasteiger partial charge in [-0.15, -0.1) is 0 Å². The second-order valence-electron chi connectivity index (χ2n) is 2.67. The van der Waals surface area contributed by atoms with Gasteiger partial charge in [0.05, 0.1) is 6.20 Å². The highest BCUT2D eigenvalue weighted by Gasteiger charge is 2.21. The summed E-state index contributed by atoms with van der Waals surface area (Å²) in [6, 6.07) is 0. The van der Waals surface area contributed by atoms with Crippen LogP contribution in [0.4, 0.5) is 8.92 Å². The summed E-state index contributed by atoms with van der Waals surface area (Å²) in [7, 11) is 0. The molecule has 9 heteroatoms. The van der Waals surface area contributed by atoms with Crippen LogP contribution >= 0.6 is 23.2 Å². The molecule has 0 saturated heterocycles.